The zero-order valence-electron chi connectivity index (χ0n) is 15.0. The van der Waals surface area contributed by atoms with Crippen LogP contribution in [0.5, 0.6) is 0 Å². The third kappa shape index (κ3) is 4.19. The van der Waals surface area contributed by atoms with E-state index < -0.39 is 11.5 Å². The second-order valence-electron chi connectivity index (χ2n) is 6.65. The molecule has 1 amide bonds. The van der Waals surface area contributed by atoms with Crippen molar-refractivity contribution >= 4 is 28.4 Å². The van der Waals surface area contributed by atoms with Gasteiger partial charge >= 0.3 is 0 Å². The van der Waals surface area contributed by atoms with E-state index in [1.54, 1.807) is 43.7 Å². The molecule has 0 bridgehead atoms. The number of nitrogens with one attached hydrogen (secondary N) is 1. The molecule has 0 saturated carbocycles. The van der Waals surface area contributed by atoms with Crippen LogP contribution in [0.25, 0.3) is 10.9 Å². The molecule has 2 aromatic rings. The number of hydrogen-bond donors (Lipinski definition) is 1. The van der Waals surface area contributed by atoms with Crippen molar-refractivity contribution in [1.29, 1.82) is 0 Å². The van der Waals surface area contributed by atoms with Crippen LogP contribution in [-0.2, 0) is 16.1 Å². The summed E-state index contributed by atoms with van der Waals surface area (Å²) in [7, 11) is 1.58. The molecule has 7 heteroatoms. The minimum absolute atomic E-state index is 0.143. The molecule has 0 saturated heterocycles. The number of amides is 1. The van der Waals surface area contributed by atoms with Crippen molar-refractivity contribution in [2.24, 2.45) is 5.41 Å². The van der Waals surface area contributed by atoms with Gasteiger partial charge in [-0.2, -0.15) is 0 Å². The lowest BCUT2D eigenvalue weighted by atomic mass is 9.95. The quantitative estimate of drug-likeness (QED) is 0.765. The van der Waals surface area contributed by atoms with Gasteiger partial charge in [0.2, 0.25) is 5.91 Å². The molecular formula is C18H24ClN3O3. The van der Waals surface area contributed by atoms with Crippen LogP contribution in [0, 0.1) is 5.41 Å². The molecule has 1 heterocycles. The standard InChI is InChI=1S/C18H24ClN3O3/c1-12(20-17(24)18(2,3)11-19)15-21-14-8-6-5-7-13(14)16(23)22(15)9-10-25-4/h5-8,12H,9-11H2,1-4H3,(H,20,24)/t12-/m1/s1. The van der Waals surface area contributed by atoms with Crippen LogP contribution in [-0.4, -0.2) is 35.1 Å². The molecule has 25 heavy (non-hydrogen) atoms. The lowest BCUT2D eigenvalue weighted by Crippen LogP contribution is -2.41. The van der Waals surface area contributed by atoms with Gasteiger partial charge in [-0.25, -0.2) is 4.98 Å². The van der Waals surface area contributed by atoms with Gasteiger partial charge in [-0.1, -0.05) is 12.1 Å². The van der Waals surface area contributed by atoms with Crippen LogP contribution in [0.2, 0.25) is 0 Å². The maximum Gasteiger partial charge on any atom is 0.261 e. The Morgan fingerprint density at radius 1 is 1.40 bits per heavy atom. The second kappa shape index (κ2) is 7.97. The fraction of sp³-hybridized carbons (Fsp3) is 0.500. The van der Waals surface area contributed by atoms with Gasteiger partial charge in [0.25, 0.3) is 5.56 Å². The van der Waals surface area contributed by atoms with Crippen LogP contribution >= 0.6 is 11.6 Å². The van der Waals surface area contributed by atoms with Gasteiger partial charge in [-0.05, 0) is 32.9 Å². The maximum absolute atomic E-state index is 12.8. The Morgan fingerprint density at radius 2 is 2.08 bits per heavy atom. The van der Waals surface area contributed by atoms with Crippen molar-refractivity contribution in [2.45, 2.75) is 33.4 Å². The van der Waals surface area contributed by atoms with Gasteiger partial charge < -0.3 is 10.1 Å². The lowest BCUT2D eigenvalue weighted by Gasteiger charge is -2.25. The molecule has 2 rings (SSSR count). The number of alkyl halides is 1. The molecule has 0 fully saturated rings. The number of para-hydroxylation sites is 1. The summed E-state index contributed by atoms with van der Waals surface area (Å²) < 4.78 is 6.67. The fourth-order valence-corrected chi connectivity index (χ4v) is 2.55. The number of nitrogens with zero attached hydrogens (tertiary/aromatic N) is 2. The van der Waals surface area contributed by atoms with E-state index in [9.17, 15) is 9.59 Å². The second-order valence-corrected chi connectivity index (χ2v) is 6.92. The van der Waals surface area contributed by atoms with E-state index in [4.69, 9.17) is 16.3 Å². The van der Waals surface area contributed by atoms with Crippen molar-refractivity contribution in [2.75, 3.05) is 19.6 Å². The molecule has 0 spiro atoms. The van der Waals surface area contributed by atoms with Gasteiger partial charge in [0.1, 0.15) is 5.82 Å². The topological polar surface area (TPSA) is 73.2 Å². The Labute approximate surface area is 152 Å². The molecule has 0 radical (unpaired) electrons. The Balaban J connectivity index is 2.47. The van der Waals surface area contributed by atoms with E-state index in [1.807, 2.05) is 13.0 Å². The van der Waals surface area contributed by atoms with E-state index in [-0.39, 0.29) is 17.3 Å². The molecule has 6 nitrogen and oxygen atoms in total. The summed E-state index contributed by atoms with van der Waals surface area (Å²) in [5.74, 6) is 0.517. The summed E-state index contributed by atoms with van der Waals surface area (Å²) in [6.45, 7) is 6.09. The zero-order chi connectivity index (χ0) is 18.6. The number of carbonyl (C=O) groups excluding carboxylic acids is 1. The summed E-state index contributed by atoms with van der Waals surface area (Å²) >= 11 is 5.87. The van der Waals surface area contributed by atoms with Crippen molar-refractivity contribution in [1.82, 2.24) is 14.9 Å². The Bertz CT molecular complexity index is 817. The first-order valence-electron chi connectivity index (χ1n) is 8.17. The summed E-state index contributed by atoms with van der Waals surface area (Å²) in [5.41, 5.74) is -0.242. The number of aromatic nitrogens is 2. The van der Waals surface area contributed by atoms with E-state index in [1.165, 1.54) is 0 Å². The maximum atomic E-state index is 12.8. The molecule has 0 unspecified atom stereocenters. The molecule has 0 aliphatic rings. The average molecular weight is 366 g/mol. The molecule has 1 atom stereocenters. The Morgan fingerprint density at radius 3 is 2.72 bits per heavy atom. The monoisotopic (exact) mass is 365 g/mol. The normalized spacial score (nSPS) is 13.0. The highest BCUT2D eigenvalue weighted by molar-refractivity contribution is 6.19. The third-order valence-electron chi connectivity index (χ3n) is 4.09. The number of hydrogen-bond acceptors (Lipinski definition) is 4. The van der Waals surface area contributed by atoms with Crippen molar-refractivity contribution in [3.63, 3.8) is 0 Å². The smallest absolute Gasteiger partial charge is 0.261 e. The minimum Gasteiger partial charge on any atom is -0.383 e. The molecule has 1 aromatic heterocycles. The number of rotatable bonds is 7. The van der Waals surface area contributed by atoms with E-state index in [0.717, 1.165) is 0 Å². The zero-order valence-corrected chi connectivity index (χ0v) is 15.8. The number of halogens is 1. The Kier molecular flexibility index (Phi) is 6.19. The number of benzene rings is 1. The van der Waals surface area contributed by atoms with E-state index in [2.05, 4.69) is 10.3 Å². The van der Waals surface area contributed by atoms with Crippen molar-refractivity contribution < 1.29 is 9.53 Å². The fourth-order valence-electron chi connectivity index (χ4n) is 2.43. The minimum atomic E-state index is -0.704. The van der Waals surface area contributed by atoms with Crippen molar-refractivity contribution in [3.05, 3.63) is 40.4 Å². The van der Waals surface area contributed by atoms with Gasteiger partial charge in [-0.15, -0.1) is 11.6 Å². The van der Waals surface area contributed by atoms with Gasteiger partial charge in [0.15, 0.2) is 0 Å². The van der Waals surface area contributed by atoms with Crippen LogP contribution in [0.15, 0.2) is 29.1 Å². The highest BCUT2D eigenvalue weighted by atomic mass is 35.5. The Hall–Kier alpha value is -1.92. The first kappa shape index (κ1) is 19.4. The number of carbonyl (C=O) groups is 1. The predicted molar refractivity (Wildman–Crippen MR) is 98.9 cm³/mol. The van der Waals surface area contributed by atoms with Crippen LogP contribution in [0.1, 0.15) is 32.6 Å². The number of ether oxygens (including phenoxy) is 1. The highest BCUT2D eigenvalue weighted by Crippen LogP contribution is 2.20. The largest absolute Gasteiger partial charge is 0.383 e. The average Bonchev–Trinajstić information content (AvgIpc) is 2.60. The SMILES string of the molecule is COCCn1c([C@@H](C)NC(=O)C(C)(C)CCl)nc2ccccc2c1=O. The van der Waals surface area contributed by atoms with Crippen LogP contribution in [0.4, 0.5) is 0 Å². The summed E-state index contributed by atoms with van der Waals surface area (Å²) in [6, 6.07) is 6.73. The van der Waals surface area contributed by atoms with Gasteiger partial charge in [-0.3, -0.25) is 14.2 Å². The number of fused-ring (bicyclic) bond motifs is 1. The summed E-state index contributed by atoms with van der Waals surface area (Å²) in [4.78, 5) is 29.9. The van der Waals surface area contributed by atoms with Crippen molar-refractivity contribution in [3.8, 4) is 0 Å². The molecule has 0 aliphatic heterocycles. The van der Waals surface area contributed by atoms with E-state index >= 15 is 0 Å². The van der Waals surface area contributed by atoms with Crippen LogP contribution < -0.4 is 10.9 Å². The predicted octanol–water partition coefficient (Wildman–Crippen LogP) is 2.49. The van der Waals surface area contributed by atoms with Gasteiger partial charge in [0, 0.05) is 13.0 Å². The first-order chi connectivity index (χ1) is 11.8. The van der Waals surface area contributed by atoms with E-state index in [0.29, 0.717) is 29.9 Å². The number of methoxy groups -OCH3 is 1. The molecular weight excluding hydrogens is 342 g/mol. The van der Waals surface area contributed by atoms with Crippen LogP contribution in [0.3, 0.4) is 0 Å². The molecule has 0 aliphatic carbocycles. The molecule has 1 N–H and O–H groups in total. The summed E-state index contributed by atoms with van der Waals surface area (Å²) in [5, 5.41) is 3.45. The summed E-state index contributed by atoms with van der Waals surface area (Å²) in [6.07, 6.45) is 0. The third-order valence-corrected chi connectivity index (χ3v) is 4.76. The lowest BCUT2D eigenvalue weighted by molar-refractivity contribution is -0.129. The highest BCUT2D eigenvalue weighted by Gasteiger charge is 2.29. The molecule has 136 valence electrons. The first-order valence-corrected chi connectivity index (χ1v) is 8.70. The van der Waals surface area contributed by atoms with Gasteiger partial charge in [0.05, 0.1) is 35.5 Å². The molecule has 1 aromatic carbocycles.